The fourth-order valence-electron chi connectivity index (χ4n) is 6.03. The summed E-state index contributed by atoms with van der Waals surface area (Å²) in [5.41, 5.74) is 7.93. The fourth-order valence-corrected chi connectivity index (χ4v) is 6.79. The van der Waals surface area contributed by atoms with Crippen molar-refractivity contribution in [1.29, 1.82) is 0 Å². The molecule has 1 rings (SSSR count). The van der Waals surface area contributed by atoms with Crippen molar-refractivity contribution in [3.8, 4) is 0 Å². The lowest BCUT2D eigenvalue weighted by Crippen LogP contribution is -2.29. The fraction of sp³-hybridized carbons (Fsp3) is 0.744. The van der Waals surface area contributed by atoms with Gasteiger partial charge >= 0.3 is 19.8 Å². The topological polar surface area (TPSA) is 165 Å². The van der Waals surface area contributed by atoms with Crippen LogP contribution in [0.15, 0.2) is 28.7 Å². The molecule has 2 atom stereocenters. The van der Waals surface area contributed by atoms with E-state index in [0.717, 1.165) is 108 Å². The van der Waals surface area contributed by atoms with Gasteiger partial charge in [0.1, 0.15) is 18.1 Å². The lowest BCUT2D eigenvalue weighted by atomic mass is 10.0. The summed E-state index contributed by atoms with van der Waals surface area (Å²) in [6.45, 7) is 7.75. The van der Waals surface area contributed by atoms with E-state index in [-0.39, 0.29) is 38.4 Å². The van der Waals surface area contributed by atoms with Crippen LogP contribution < -0.4 is 5.73 Å². The zero-order chi connectivity index (χ0) is 40.6. The van der Waals surface area contributed by atoms with Crippen LogP contribution in [0.3, 0.4) is 0 Å². The minimum atomic E-state index is -4.41. The number of allylic oxidation sites excluding steroid dienone is 4. The Morgan fingerprint density at radius 3 is 1.89 bits per heavy atom. The van der Waals surface area contributed by atoms with Crippen LogP contribution in [0.1, 0.15) is 171 Å². The van der Waals surface area contributed by atoms with E-state index in [2.05, 4.69) is 33.8 Å². The van der Waals surface area contributed by atoms with Crippen molar-refractivity contribution in [2.75, 3.05) is 26.4 Å². The van der Waals surface area contributed by atoms with Crippen LogP contribution in [0.4, 0.5) is 0 Å². The van der Waals surface area contributed by atoms with Crippen LogP contribution in [0.25, 0.3) is 0 Å². The van der Waals surface area contributed by atoms with Gasteiger partial charge in [0.25, 0.3) is 0 Å². The maximum absolute atomic E-state index is 12.6. The zero-order valence-electron chi connectivity index (χ0n) is 34.6. The summed E-state index contributed by atoms with van der Waals surface area (Å²) in [5.74, 6) is 1.51. The van der Waals surface area contributed by atoms with Gasteiger partial charge in [-0.3, -0.25) is 23.4 Å². The van der Waals surface area contributed by atoms with E-state index in [4.69, 9.17) is 28.7 Å². The maximum atomic E-state index is 12.6. The highest BCUT2D eigenvalue weighted by molar-refractivity contribution is 7.47. The summed E-state index contributed by atoms with van der Waals surface area (Å²) in [4.78, 5) is 46.7. The molecule has 0 aromatic carbocycles. The van der Waals surface area contributed by atoms with Crippen molar-refractivity contribution in [3.05, 3.63) is 47.0 Å². The summed E-state index contributed by atoms with van der Waals surface area (Å²) < 4.78 is 39.0. The van der Waals surface area contributed by atoms with Gasteiger partial charge in [-0.05, 0) is 76.0 Å². The predicted octanol–water partition coefficient (Wildman–Crippen LogP) is 10.4. The Morgan fingerprint density at radius 1 is 0.709 bits per heavy atom. The molecule has 0 spiro atoms. The molecule has 0 fully saturated rings. The molecule has 1 aromatic rings. The third-order valence-corrected chi connectivity index (χ3v) is 10.5. The molecule has 0 saturated carbocycles. The Hall–Kier alpha value is -2.56. The Labute approximate surface area is 332 Å². The second-order valence-corrected chi connectivity index (χ2v) is 15.9. The number of esters is 2. The predicted molar refractivity (Wildman–Crippen MR) is 219 cm³/mol. The van der Waals surface area contributed by atoms with E-state index in [1.165, 1.54) is 30.4 Å². The minimum Gasteiger partial charge on any atom is -0.466 e. The van der Waals surface area contributed by atoms with Crippen molar-refractivity contribution >= 4 is 25.5 Å². The summed E-state index contributed by atoms with van der Waals surface area (Å²) in [7, 11) is -4.41. The number of hydrogen-bond acceptors (Lipinski definition) is 10. The van der Waals surface area contributed by atoms with Gasteiger partial charge in [-0.2, -0.15) is 0 Å². The summed E-state index contributed by atoms with van der Waals surface area (Å²) in [6, 6.07) is 0. The van der Waals surface area contributed by atoms with Crippen molar-refractivity contribution < 1.29 is 46.8 Å². The number of unbranched alkanes of at least 4 members (excludes halogenated alkanes) is 14. The lowest BCUT2D eigenvalue weighted by Gasteiger charge is -2.19. The molecular formula is C43H74NO10P. The highest BCUT2D eigenvalue weighted by atomic mass is 31.2. The second-order valence-electron chi connectivity index (χ2n) is 14.5. The van der Waals surface area contributed by atoms with Crippen LogP contribution in [-0.2, 0) is 50.3 Å². The molecule has 1 unspecified atom stereocenters. The number of aryl methyl sites for hydroxylation is 2. The molecule has 0 radical (unpaired) electrons. The van der Waals surface area contributed by atoms with E-state index in [1.54, 1.807) is 6.08 Å². The largest absolute Gasteiger partial charge is 0.472 e. The average Bonchev–Trinajstić information content (AvgIpc) is 3.43. The first-order valence-electron chi connectivity index (χ1n) is 21.1. The third-order valence-electron chi connectivity index (χ3n) is 9.52. The van der Waals surface area contributed by atoms with E-state index in [9.17, 15) is 23.8 Å². The number of ether oxygens (including phenoxy) is 2. The summed E-state index contributed by atoms with van der Waals surface area (Å²) in [5, 5.41) is 0. The van der Waals surface area contributed by atoms with E-state index < -0.39 is 32.5 Å². The first kappa shape index (κ1) is 50.5. The van der Waals surface area contributed by atoms with E-state index in [1.807, 2.05) is 12.2 Å². The first-order chi connectivity index (χ1) is 26.5. The van der Waals surface area contributed by atoms with E-state index >= 15 is 0 Å². The number of carbonyl (C=O) groups excluding carboxylic acids is 3. The third kappa shape index (κ3) is 26.8. The maximum Gasteiger partial charge on any atom is 0.472 e. The molecular weight excluding hydrogens is 721 g/mol. The number of phosphoric acid groups is 1. The normalized spacial score (nSPS) is 13.4. The number of rotatable bonds is 36. The summed E-state index contributed by atoms with van der Waals surface area (Å²) in [6.07, 6.45) is 27.4. The van der Waals surface area contributed by atoms with Crippen LogP contribution in [0.2, 0.25) is 0 Å². The molecule has 11 nitrogen and oxygen atoms in total. The lowest BCUT2D eigenvalue weighted by molar-refractivity contribution is -0.161. The van der Waals surface area contributed by atoms with Gasteiger partial charge in [0.05, 0.1) is 13.2 Å². The monoisotopic (exact) mass is 796 g/mol. The molecule has 0 aliphatic carbocycles. The van der Waals surface area contributed by atoms with Crippen LogP contribution in [-0.4, -0.2) is 55.1 Å². The van der Waals surface area contributed by atoms with Gasteiger partial charge in [-0.25, -0.2) is 4.57 Å². The molecule has 0 saturated heterocycles. The second kappa shape index (κ2) is 32.5. The van der Waals surface area contributed by atoms with Gasteiger partial charge in [0.15, 0.2) is 11.9 Å². The van der Waals surface area contributed by atoms with Crippen LogP contribution in [0.5, 0.6) is 0 Å². The van der Waals surface area contributed by atoms with Crippen molar-refractivity contribution in [1.82, 2.24) is 0 Å². The molecule has 0 amide bonds. The van der Waals surface area contributed by atoms with E-state index in [0.29, 0.717) is 19.3 Å². The molecule has 1 heterocycles. The molecule has 55 heavy (non-hydrogen) atoms. The summed E-state index contributed by atoms with van der Waals surface area (Å²) >= 11 is 0. The number of carbonyl (C=O) groups is 3. The highest BCUT2D eigenvalue weighted by Gasteiger charge is 2.26. The Kier molecular flexibility index (Phi) is 29.8. The zero-order valence-corrected chi connectivity index (χ0v) is 35.5. The van der Waals surface area contributed by atoms with Gasteiger partial charge in [0, 0.05) is 38.6 Å². The molecule has 12 heteroatoms. The molecule has 1 aromatic heterocycles. The molecule has 0 bridgehead atoms. The average molecular weight is 796 g/mol. The number of hydrogen-bond donors (Lipinski definition) is 2. The number of nitrogens with two attached hydrogens (primary N) is 1. The van der Waals surface area contributed by atoms with Gasteiger partial charge in [-0.1, -0.05) is 103 Å². The standard InChI is InChI=1S/C43H74NO10P/c1-5-7-20-26-38(45)27-22-16-12-10-9-11-13-18-24-30-42(46)50-34-39(35-52-55(48,49)51-33-32-44)53-43(47)31-25-19-15-14-17-23-29-41-37(4)36(3)40(54-41)28-21-8-6-2/h12,16,22,27,39H,5-11,13-15,17-21,23-26,28-35,44H2,1-4H3,(H,48,49)/b16-12-,27-22+/t39-/m1/s1. The number of phosphoric ester groups is 1. The first-order valence-corrected chi connectivity index (χ1v) is 22.6. The molecule has 3 N–H and O–H groups in total. The Balaban J connectivity index is 2.33. The number of furan rings is 1. The van der Waals surface area contributed by atoms with Gasteiger partial charge in [-0.15, -0.1) is 0 Å². The number of ketones is 1. The van der Waals surface area contributed by atoms with Crippen molar-refractivity contribution in [3.63, 3.8) is 0 Å². The van der Waals surface area contributed by atoms with Crippen molar-refractivity contribution in [2.24, 2.45) is 5.73 Å². The molecule has 0 aliphatic heterocycles. The minimum absolute atomic E-state index is 0.0322. The Bertz CT molecular complexity index is 1290. The SMILES string of the molecule is CCCCCC(=O)/C=C/C=C\CCCCCCCC(=O)OC[C@H](COP(=O)(O)OCCN)OC(=O)CCCCCCCCc1oc(CCCCC)c(C)c1C. The quantitative estimate of drug-likeness (QED) is 0.0218. The highest BCUT2D eigenvalue weighted by Crippen LogP contribution is 2.43. The van der Waals surface area contributed by atoms with Crippen molar-refractivity contribution in [2.45, 2.75) is 181 Å². The molecule has 316 valence electrons. The Morgan fingerprint density at radius 2 is 1.25 bits per heavy atom. The van der Waals surface area contributed by atoms with Crippen LogP contribution >= 0.6 is 7.82 Å². The van der Waals surface area contributed by atoms with Crippen LogP contribution in [0, 0.1) is 13.8 Å². The smallest absolute Gasteiger partial charge is 0.466 e. The molecule has 0 aliphatic rings. The van der Waals surface area contributed by atoms with Gasteiger partial charge < -0.3 is 24.5 Å². The van der Waals surface area contributed by atoms with Gasteiger partial charge in [0.2, 0.25) is 0 Å².